The van der Waals surface area contributed by atoms with Gasteiger partial charge in [0.2, 0.25) is 0 Å². The molecule has 0 aliphatic heterocycles. The predicted octanol–water partition coefficient (Wildman–Crippen LogP) is 1.39. The Morgan fingerprint density at radius 1 is 1.71 bits per heavy atom. The quantitative estimate of drug-likeness (QED) is 0.410. The molecule has 0 saturated heterocycles. The molecule has 0 aromatic rings. The van der Waals surface area contributed by atoms with Crippen LogP contribution in [0.4, 0.5) is 0 Å². The van der Waals surface area contributed by atoms with Crippen molar-refractivity contribution in [1.29, 1.82) is 0 Å². The monoisotopic (exact) mass is 107 g/mol. The molecule has 3 radical (unpaired) electrons. The largest absolute Gasteiger partial charge is 0.0819 e. The third-order valence-electron chi connectivity index (χ3n) is 1.17. The Labute approximate surface area is 47.3 Å². The highest BCUT2D eigenvalue weighted by molar-refractivity contribution is 6.22. The fraction of sp³-hybridized carbons (Fsp3) is 0.333. The van der Waals surface area contributed by atoms with Gasteiger partial charge in [0.05, 0.1) is 10.2 Å². The van der Waals surface area contributed by atoms with Gasteiger partial charge in [0.25, 0.3) is 0 Å². The molecule has 1 rings (SSSR count). The van der Waals surface area contributed by atoms with Crippen molar-refractivity contribution in [2.75, 3.05) is 0 Å². The Morgan fingerprint density at radius 3 is 2.57 bits per heavy atom. The Hall–Kier alpha value is -0.303. The van der Waals surface area contributed by atoms with Gasteiger partial charge in [-0.2, -0.15) is 0 Å². The lowest BCUT2D eigenvalue weighted by atomic mass is 10.3. The topological polar surface area (TPSA) is 0 Å². The maximum atomic E-state index is 3.47. The zero-order valence-corrected chi connectivity index (χ0v) is 5.36. The zero-order valence-electron chi connectivity index (χ0n) is 4.36. The van der Waals surface area contributed by atoms with Crippen LogP contribution in [0.1, 0.15) is 13.3 Å². The van der Waals surface area contributed by atoms with Crippen LogP contribution >= 0.6 is 0 Å². The molecule has 35 valence electrons. The second-order valence-electron chi connectivity index (χ2n) is 1.77. The molecule has 0 fully saturated rings. The standard InChI is InChI=1S/C6H7Si/c1-5-3-2-4-6(5)7/h2-3H,4H2,1H3. The Kier molecular flexibility index (Phi) is 1.15. The van der Waals surface area contributed by atoms with Crippen molar-refractivity contribution in [1.82, 2.24) is 0 Å². The lowest BCUT2D eigenvalue weighted by Gasteiger charge is -1.87. The molecule has 0 saturated carbocycles. The van der Waals surface area contributed by atoms with E-state index in [9.17, 15) is 0 Å². The van der Waals surface area contributed by atoms with Gasteiger partial charge in [0.15, 0.2) is 0 Å². The minimum absolute atomic E-state index is 1.09. The van der Waals surface area contributed by atoms with Gasteiger partial charge in [-0.15, -0.1) is 0 Å². The molecular formula is C6H7Si. The molecule has 0 heterocycles. The van der Waals surface area contributed by atoms with Crippen LogP contribution in [-0.4, -0.2) is 10.2 Å². The summed E-state index contributed by atoms with van der Waals surface area (Å²) in [6.07, 6.45) is 5.36. The van der Waals surface area contributed by atoms with Crippen molar-refractivity contribution in [2.24, 2.45) is 0 Å². The van der Waals surface area contributed by atoms with Crippen LogP contribution in [0.2, 0.25) is 0 Å². The average molecular weight is 107 g/mol. The Balaban J connectivity index is 2.79. The SMILES string of the molecule is CC1=C([Si])CC=C1. The summed E-state index contributed by atoms with van der Waals surface area (Å²) in [6, 6.07) is 0. The van der Waals surface area contributed by atoms with Crippen molar-refractivity contribution in [3.8, 4) is 0 Å². The Morgan fingerprint density at radius 2 is 2.43 bits per heavy atom. The van der Waals surface area contributed by atoms with E-state index in [-0.39, 0.29) is 0 Å². The van der Waals surface area contributed by atoms with Gasteiger partial charge in [-0.25, -0.2) is 0 Å². The molecule has 0 N–H and O–H groups in total. The van der Waals surface area contributed by atoms with E-state index in [4.69, 9.17) is 0 Å². The van der Waals surface area contributed by atoms with Gasteiger partial charge in [-0.05, 0) is 13.3 Å². The fourth-order valence-electron chi connectivity index (χ4n) is 0.615. The first-order valence-corrected chi connectivity index (χ1v) is 2.88. The van der Waals surface area contributed by atoms with Crippen LogP contribution in [-0.2, 0) is 0 Å². The third kappa shape index (κ3) is 0.828. The maximum absolute atomic E-state index is 3.47. The summed E-state index contributed by atoms with van der Waals surface area (Å²) in [5.41, 5.74) is 1.36. The van der Waals surface area contributed by atoms with Gasteiger partial charge in [0, 0.05) is 0 Å². The summed E-state index contributed by atoms with van der Waals surface area (Å²) in [6.45, 7) is 2.10. The molecule has 0 atom stereocenters. The van der Waals surface area contributed by atoms with E-state index >= 15 is 0 Å². The molecule has 7 heavy (non-hydrogen) atoms. The molecule has 0 spiro atoms. The number of hydrogen-bond donors (Lipinski definition) is 0. The summed E-state index contributed by atoms with van der Waals surface area (Å²) >= 11 is 0. The van der Waals surface area contributed by atoms with Crippen LogP contribution < -0.4 is 0 Å². The van der Waals surface area contributed by atoms with Crippen LogP contribution in [0.5, 0.6) is 0 Å². The van der Waals surface area contributed by atoms with E-state index in [1.54, 1.807) is 0 Å². The molecule has 0 bridgehead atoms. The van der Waals surface area contributed by atoms with Crippen LogP contribution in [0.15, 0.2) is 22.9 Å². The summed E-state index contributed by atoms with van der Waals surface area (Å²) < 4.78 is 0. The highest BCUT2D eigenvalue weighted by atomic mass is 28.1. The van der Waals surface area contributed by atoms with E-state index in [2.05, 4.69) is 29.3 Å². The second-order valence-corrected chi connectivity index (χ2v) is 2.37. The van der Waals surface area contributed by atoms with Crippen molar-refractivity contribution in [2.45, 2.75) is 13.3 Å². The first-order chi connectivity index (χ1) is 3.30. The van der Waals surface area contributed by atoms with Crippen molar-refractivity contribution in [3.05, 3.63) is 22.9 Å². The fourth-order valence-corrected chi connectivity index (χ4v) is 0.816. The lowest BCUT2D eigenvalue weighted by molar-refractivity contribution is 1.37. The minimum atomic E-state index is 1.09. The molecular weight excluding hydrogens is 100 g/mol. The molecule has 0 amide bonds. The summed E-state index contributed by atoms with van der Waals surface area (Å²) in [7, 11) is 3.47. The highest BCUT2D eigenvalue weighted by Crippen LogP contribution is 2.13. The molecule has 1 aliphatic carbocycles. The van der Waals surface area contributed by atoms with E-state index in [1.165, 1.54) is 10.8 Å². The highest BCUT2D eigenvalue weighted by Gasteiger charge is 1.95. The van der Waals surface area contributed by atoms with Crippen LogP contribution in [0, 0.1) is 0 Å². The van der Waals surface area contributed by atoms with Gasteiger partial charge in [-0.3, -0.25) is 0 Å². The van der Waals surface area contributed by atoms with Gasteiger partial charge >= 0.3 is 0 Å². The van der Waals surface area contributed by atoms with Gasteiger partial charge in [0.1, 0.15) is 0 Å². The maximum Gasteiger partial charge on any atom is 0.0658 e. The van der Waals surface area contributed by atoms with E-state index in [0.29, 0.717) is 0 Å². The average Bonchev–Trinajstić information content (AvgIpc) is 1.91. The first-order valence-electron chi connectivity index (χ1n) is 2.38. The summed E-state index contributed by atoms with van der Waals surface area (Å²) in [5, 5.41) is 1.32. The molecule has 0 nitrogen and oxygen atoms in total. The minimum Gasteiger partial charge on any atom is -0.0819 e. The smallest absolute Gasteiger partial charge is 0.0658 e. The van der Waals surface area contributed by atoms with Crippen molar-refractivity contribution < 1.29 is 0 Å². The van der Waals surface area contributed by atoms with Crippen LogP contribution in [0.3, 0.4) is 0 Å². The molecule has 0 aromatic carbocycles. The summed E-state index contributed by atoms with van der Waals surface area (Å²) in [4.78, 5) is 0. The van der Waals surface area contributed by atoms with Crippen molar-refractivity contribution >= 4 is 10.2 Å². The molecule has 1 aliphatic rings. The zero-order chi connectivity index (χ0) is 5.28. The Bertz CT molecular complexity index is 131. The lowest BCUT2D eigenvalue weighted by Crippen LogP contribution is -1.75. The van der Waals surface area contributed by atoms with E-state index in [1.807, 2.05) is 0 Å². The number of allylic oxidation sites excluding steroid dienone is 4. The van der Waals surface area contributed by atoms with E-state index < -0.39 is 0 Å². The normalized spacial score (nSPS) is 19.1. The van der Waals surface area contributed by atoms with Crippen molar-refractivity contribution in [3.63, 3.8) is 0 Å². The second kappa shape index (κ2) is 1.66. The molecule has 0 aromatic heterocycles. The summed E-state index contributed by atoms with van der Waals surface area (Å²) in [5.74, 6) is 0. The number of rotatable bonds is 0. The van der Waals surface area contributed by atoms with Gasteiger partial charge in [-0.1, -0.05) is 22.9 Å². The third-order valence-corrected chi connectivity index (χ3v) is 1.76. The first kappa shape index (κ1) is 4.85. The number of hydrogen-bond acceptors (Lipinski definition) is 0. The van der Waals surface area contributed by atoms with E-state index in [0.717, 1.165) is 6.42 Å². The predicted molar refractivity (Wildman–Crippen MR) is 32.2 cm³/mol. The molecule has 1 heteroatoms. The van der Waals surface area contributed by atoms with Gasteiger partial charge < -0.3 is 0 Å². The van der Waals surface area contributed by atoms with Crippen LogP contribution in [0.25, 0.3) is 0 Å². The molecule has 0 unspecified atom stereocenters.